The van der Waals surface area contributed by atoms with Gasteiger partial charge in [-0.25, -0.2) is 0 Å². The minimum absolute atomic E-state index is 0.409. The summed E-state index contributed by atoms with van der Waals surface area (Å²) in [5.41, 5.74) is 2.54. The summed E-state index contributed by atoms with van der Waals surface area (Å²) in [6, 6.07) is 8.17. The van der Waals surface area contributed by atoms with Gasteiger partial charge in [-0.1, -0.05) is 37.6 Å². The number of nitrogens with one attached hydrogen (secondary N) is 1. The van der Waals surface area contributed by atoms with E-state index in [-0.39, 0.29) is 0 Å². The molecule has 0 spiro atoms. The molecule has 1 heterocycles. The summed E-state index contributed by atoms with van der Waals surface area (Å²) in [7, 11) is 1.95. The largest absolute Gasteiger partial charge is 0.316 e. The van der Waals surface area contributed by atoms with Gasteiger partial charge in [-0.15, -0.1) is 0 Å². The first kappa shape index (κ1) is 16.1. The van der Waals surface area contributed by atoms with Gasteiger partial charge in [-0.3, -0.25) is 4.68 Å². The lowest BCUT2D eigenvalue weighted by molar-refractivity contribution is 0.514. The molecule has 0 amide bonds. The van der Waals surface area contributed by atoms with Crippen LogP contribution in [0.5, 0.6) is 0 Å². The smallest absolute Gasteiger partial charge is 0.0521 e. The summed E-state index contributed by atoms with van der Waals surface area (Å²) >= 11 is 6.14. The van der Waals surface area contributed by atoms with Crippen LogP contribution in [0.4, 0.5) is 0 Å². The minimum atomic E-state index is 0.409. The number of hydrogen-bond donors (Lipinski definition) is 1. The summed E-state index contributed by atoms with van der Waals surface area (Å²) in [5, 5.41) is 8.62. The van der Waals surface area contributed by atoms with Crippen LogP contribution in [-0.4, -0.2) is 22.9 Å². The van der Waals surface area contributed by atoms with Crippen molar-refractivity contribution in [2.24, 2.45) is 13.0 Å². The highest BCUT2D eigenvalue weighted by Gasteiger charge is 2.14. The fourth-order valence-electron chi connectivity index (χ4n) is 2.48. The second-order valence-corrected chi connectivity index (χ2v) is 6.47. The topological polar surface area (TPSA) is 29.9 Å². The Hall–Kier alpha value is -1.32. The van der Waals surface area contributed by atoms with E-state index in [0.717, 1.165) is 24.5 Å². The maximum Gasteiger partial charge on any atom is 0.0521 e. The summed E-state index contributed by atoms with van der Waals surface area (Å²) in [4.78, 5) is 0. The van der Waals surface area contributed by atoms with E-state index in [0.29, 0.717) is 11.8 Å². The lowest BCUT2D eigenvalue weighted by atomic mass is 9.93. The Balaban J connectivity index is 2.09. The Bertz CT molecular complexity index is 563. The molecule has 1 aromatic carbocycles. The lowest BCUT2D eigenvalue weighted by Crippen LogP contribution is -2.26. The van der Waals surface area contributed by atoms with E-state index in [9.17, 15) is 0 Å². The van der Waals surface area contributed by atoms with E-state index < -0.39 is 0 Å². The second kappa shape index (κ2) is 7.62. The van der Waals surface area contributed by atoms with Gasteiger partial charge in [-0.05, 0) is 42.1 Å². The first-order chi connectivity index (χ1) is 10.0. The highest BCUT2D eigenvalue weighted by molar-refractivity contribution is 6.30. The normalized spacial score (nSPS) is 12.8. The highest BCUT2D eigenvalue weighted by atomic mass is 35.5. The first-order valence-electron chi connectivity index (χ1n) is 7.48. The molecule has 1 N–H and O–H groups in total. The third-order valence-electron chi connectivity index (χ3n) is 3.50. The van der Waals surface area contributed by atoms with E-state index in [4.69, 9.17) is 11.6 Å². The van der Waals surface area contributed by atoms with E-state index >= 15 is 0 Å². The number of hydrogen-bond acceptors (Lipinski definition) is 2. The summed E-state index contributed by atoms with van der Waals surface area (Å²) < 4.78 is 1.85. The SMILES string of the molecule is CC(C)CNCC(Cc1cnn(C)c1)c1cccc(Cl)c1. The van der Waals surface area contributed by atoms with Crippen molar-refractivity contribution in [3.05, 3.63) is 52.8 Å². The van der Waals surface area contributed by atoms with Crippen LogP contribution in [0.25, 0.3) is 0 Å². The molecule has 0 radical (unpaired) electrons. The zero-order valence-corrected chi connectivity index (χ0v) is 13.8. The van der Waals surface area contributed by atoms with Gasteiger partial charge < -0.3 is 5.32 Å². The number of nitrogens with zero attached hydrogens (tertiary/aromatic N) is 2. The van der Waals surface area contributed by atoms with Gasteiger partial charge in [0.05, 0.1) is 6.20 Å². The zero-order chi connectivity index (χ0) is 15.2. The molecule has 2 rings (SSSR count). The molecule has 0 saturated carbocycles. The van der Waals surface area contributed by atoms with Crippen LogP contribution in [0.15, 0.2) is 36.7 Å². The van der Waals surface area contributed by atoms with Gasteiger partial charge in [0.25, 0.3) is 0 Å². The van der Waals surface area contributed by atoms with E-state index in [1.165, 1.54) is 11.1 Å². The van der Waals surface area contributed by atoms with Crippen LogP contribution in [0, 0.1) is 5.92 Å². The third kappa shape index (κ3) is 5.18. The molecule has 1 atom stereocenters. The van der Waals surface area contributed by atoms with Crippen LogP contribution in [0.1, 0.15) is 30.9 Å². The Labute approximate surface area is 132 Å². The van der Waals surface area contributed by atoms with Crippen LogP contribution in [0.2, 0.25) is 5.02 Å². The van der Waals surface area contributed by atoms with Gasteiger partial charge in [0.2, 0.25) is 0 Å². The highest BCUT2D eigenvalue weighted by Crippen LogP contribution is 2.23. The molecule has 3 nitrogen and oxygen atoms in total. The second-order valence-electron chi connectivity index (χ2n) is 6.03. The van der Waals surface area contributed by atoms with E-state index in [2.05, 4.69) is 42.6 Å². The van der Waals surface area contributed by atoms with Gasteiger partial charge in [0.15, 0.2) is 0 Å². The molecule has 0 aliphatic rings. The molecular weight excluding hydrogens is 282 g/mol. The summed E-state index contributed by atoms with van der Waals surface area (Å²) in [5.74, 6) is 1.06. The maximum absolute atomic E-state index is 6.14. The Morgan fingerprint density at radius 2 is 2.10 bits per heavy atom. The fourth-order valence-corrected chi connectivity index (χ4v) is 2.68. The molecule has 2 aromatic rings. The van der Waals surface area contributed by atoms with Gasteiger partial charge in [0, 0.05) is 30.7 Å². The molecule has 0 bridgehead atoms. The Morgan fingerprint density at radius 1 is 1.29 bits per heavy atom. The average Bonchev–Trinajstić information content (AvgIpc) is 2.83. The maximum atomic E-state index is 6.14. The molecule has 1 unspecified atom stereocenters. The third-order valence-corrected chi connectivity index (χ3v) is 3.74. The molecule has 0 aliphatic heterocycles. The molecule has 1 aromatic heterocycles. The van der Waals surface area contributed by atoms with E-state index in [1.807, 2.05) is 30.1 Å². The van der Waals surface area contributed by atoms with Crippen LogP contribution in [-0.2, 0) is 13.5 Å². The van der Waals surface area contributed by atoms with Crippen molar-refractivity contribution < 1.29 is 0 Å². The lowest BCUT2D eigenvalue weighted by Gasteiger charge is -2.19. The van der Waals surface area contributed by atoms with Gasteiger partial charge in [-0.2, -0.15) is 5.10 Å². The monoisotopic (exact) mass is 305 g/mol. The van der Waals surface area contributed by atoms with Crippen LogP contribution < -0.4 is 5.32 Å². The standard InChI is InChI=1S/C17H24ClN3/c1-13(2)9-19-11-16(7-14-10-20-21(3)12-14)15-5-4-6-17(18)8-15/h4-6,8,10,12-13,16,19H,7,9,11H2,1-3H3. The number of rotatable bonds is 7. The number of benzene rings is 1. The van der Waals surface area contributed by atoms with Gasteiger partial charge >= 0.3 is 0 Å². The Morgan fingerprint density at radius 3 is 2.71 bits per heavy atom. The Kier molecular flexibility index (Phi) is 5.83. The molecule has 21 heavy (non-hydrogen) atoms. The van der Waals surface area contributed by atoms with Crippen molar-refractivity contribution in [3.63, 3.8) is 0 Å². The number of halogens is 1. The van der Waals surface area contributed by atoms with Crippen molar-refractivity contribution in [1.29, 1.82) is 0 Å². The van der Waals surface area contributed by atoms with Gasteiger partial charge in [0.1, 0.15) is 0 Å². The first-order valence-corrected chi connectivity index (χ1v) is 7.86. The molecule has 0 aliphatic carbocycles. The molecule has 4 heteroatoms. The summed E-state index contributed by atoms with van der Waals surface area (Å²) in [6.07, 6.45) is 5.00. The average molecular weight is 306 g/mol. The predicted octanol–water partition coefficient (Wildman–Crippen LogP) is 3.65. The predicted molar refractivity (Wildman–Crippen MR) is 88.8 cm³/mol. The zero-order valence-electron chi connectivity index (χ0n) is 13.0. The van der Waals surface area contributed by atoms with Crippen LogP contribution in [0.3, 0.4) is 0 Å². The quantitative estimate of drug-likeness (QED) is 0.846. The van der Waals surface area contributed by atoms with Crippen molar-refractivity contribution in [3.8, 4) is 0 Å². The van der Waals surface area contributed by atoms with Crippen LogP contribution >= 0.6 is 11.6 Å². The van der Waals surface area contributed by atoms with Crippen molar-refractivity contribution in [2.75, 3.05) is 13.1 Å². The fraction of sp³-hybridized carbons (Fsp3) is 0.471. The molecule has 114 valence electrons. The van der Waals surface area contributed by atoms with Crippen molar-refractivity contribution in [1.82, 2.24) is 15.1 Å². The summed E-state index contributed by atoms with van der Waals surface area (Å²) in [6.45, 7) is 6.43. The minimum Gasteiger partial charge on any atom is -0.316 e. The van der Waals surface area contributed by atoms with Crippen molar-refractivity contribution >= 4 is 11.6 Å². The molecule has 0 fully saturated rings. The molecule has 0 saturated heterocycles. The van der Waals surface area contributed by atoms with Crippen molar-refractivity contribution in [2.45, 2.75) is 26.2 Å². The molecular formula is C17H24ClN3. The number of aromatic nitrogens is 2. The number of aryl methyl sites for hydroxylation is 1. The van der Waals surface area contributed by atoms with E-state index in [1.54, 1.807) is 0 Å².